The third kappa shape index (κ3) is 2.92. The van der Waals surface area contributed by atoms with Gasteiger partial charge in [0.05, 0.1) is 5.02 Å². The predicted molar refractivity (Wildman–Crippen MR) is 53.5 cm³/mol. The van der Waals surface area contributed by atoms with Crippen molar-refractivity contribution in [2.24, 2.45) is 0 Å². The molecule has 0 fully saturated rings. The summed E-state index contributed by atoms with van der Waals surface area (Å²) in [4.78, 5) is 25.9. The Morgan fingerprint density at radius 1 is 1.43 bits per heavy atom. The number of rotatable bonds is 4. The van der Waals surface area contributed by atoms with Crippen LogP contribution >= 0.6 is 11.6 Å². The molecule has 0 radical (unpaired) electrons. The number of carbonyl (C=O) groups excluding carboxylic acids is 2. The molecular formula is C10H10ClNO2. The maximum atomic E-state index is 11.5. The molecule has 0 saturated carbocycles. The molecule has 0 aromatic carbocycles. The number of nitrogens with zero attached hydrogens (tertiary/aromatic N) is 1. The highest BCUT2D eigenvalue weighted by Gasteiger charge is 2.10. The highest BCUT2D eigenvalue weighted by Crippen LogP contribution is 2.15. The molecule has 0 saturated heterocycles. The number of aromatic nitrogens is 1. The summed E-state index contributed by atoms with van der Waals surface area (Å²) in [5.41, 5.74) is 0.433. The van der Waals surface area contributed by atoms with Crippen molar-refractivity contribution in [2.45, 2.75) is 19.8 Å². The molecule has 0 amide bonds. The highest BCUT2D eigenvalue weighted by atomic mass is 35.5. The van der Waals surface area contributed by atoms with E-state index in [0.717, 1.165) is 0 Å². The van der Waals surface area contributed by atoms with Crippen molar-refractivity contribution in [3.63, 3.8) is 0 Å². The normalized spacial score (nSPS) is 9.86. The van der Waals surface area contributed by atoms with E-state index in [1.54, 1.807) is 6.07 Å². The Hall–Kier alpha value is -1.22. The van der Waals surface area contributed by atoms with E-state index < -0.39 is 0 Å². The lowest BCUT2D eigenvalue weighted by atomic mass is 10.1. The van der Waals surface area contributed by atoms with Crippen molar-refractivity contribution in [2.75, 3.05) is 0 Å². The molecule has 1 rings (SSSR count). The maximum Gasteiger partial charge on any atom is 0.164 e. The summed E-state index contributed by atoms with van der Waals surface area (Å²) in [6.07, 6.45) is 3.39. The fourth-order valence-electron chi connectivity index (χ4n) is 1.03. The van der Waals surface area contributed by atoms with Gasteiger partial charge in [0.15, 0.2) is 5.78 Å². The Bertz CT molecular complexity index is 363. The minimum Gasteiger partial charge on any atom is -0.300 e. The molecule has 0 atom stereocenters. The van der Waals surface area contributed by atoms with Crippen LogP contribution in [-0.2, 0) is 4.79 Å². The fourth-order valence-corrected chi connectivity index (χ4v) is 1.25. The molecule has 0 aliphatic carbocycles. The Balaban J connectivity index is 2.70. The van der Waals surface area contributed by atoms with Crippen molar-refractivity contribution >= 4 is 23.2 Å². The van der Waals surface area contributed by atoms with Crippen LogP contribution in [0.15, 0.2) is 18.5 Å². The topological polar surface area (TPSA) is 47.0 Å². The van der Waals surface area contributed by atoms with Crippen molar-refractivity contribution in [1.82, 2.24) is 4.98 Å². The van der Waals surface area contributed by atoms with Gasteiger partial charge in [0, 0.05) is 30.8 Å². The number of hydrogen-bond acceptors (Lipinski definition) is 3. The van der Waals surface area contributed by atoms with E-state index in [4.69, 9.17) is 11.6 Å². The summed E-state index contributed by atoms with van der Waals surface area (Å²) in [5.74, 6) is -0.115. The second kappa shape index (κ2) is 4.86. The van der Waals surface area contributed by atoms with E-state index in [2.05, 4.69) is 4.98 Å². The van der Waals surface area contributed by atoms with Crippen LogP contribution in [0.25, 0.3) is 0 Å². The minimum atomic E-state index is -0.118. The lowest BCUT2D eigenvalue weighted by molar-refractivity contribution is -0.116. The van der Waals surface area contributed by atoms with Gasteiger partial charge in [-0.1, -0.05) is 11.6 Å². The summed E-state index contributed by atoms with van der Waals surface area (Å²) in [6.45, 7) is 1.46. The Morgan fingerprint density at radius 2 is 2.14 bits per heavy atom. The van der Waals surface area contributed by atoms with Gasteiger partial charge in [0.1, 0.15) is 5.78 Å². The van der Waals surface area contributed by atoms with Crippen LogP contribution < -0.4 is 0 Å². The van der Waals surface area contributed by atoms with Crippen LogP contribution in [0.1, 0.15) is 30.1 Å². The number of carbonyl (C=O) groups is 2. The summed E-state index contributed by atoms with van der Waals surface area (Å²) in [5, 5.41) is 0.334. The minimum absolute atomic E-state index is 0.00327. The summed E-state index contributed by atoms with van der Waals surface area (Å²) in [7, 11) is 0. The number of pyridine rings is 1. The molecule has 0 N–H and O–H groups in total. The van der Waals surface area contributed by atoms with Crippen LogP contribution in [0.5, 0.6) is 0 Å². The lowest BCUT2D eigenvalue weighted by Crippen LogP contribution is -2.03. The molecule has 0 spiro atoms. The van der Waals surface area contributed by atoms with Crippen LogP contribution in [-0.4, -0.2) is 16.6 Å². The van der Waals surface area contributed by atoms with Gasteiger partial charge in [0.2, 0.25) is 0 Å². The number of Topliss-reactive ketones (excluding diaryl/α,β-unsaturated/α-hetero) is 2. The zero-order chi connectivity index (χ0) is 10.6. The maximum absolute atomic E-state index is 11.5. The standard InChI is InChI=1S/C10H10ClNO2/c1-7(13)2-3-10(14)8-4-5-12-6-9(8)11/h4-6H,2-3H2,1H3. The Kier molecular flexibility index (Phi) is 3.77. The molecule has 4 heteroatoms. The average molecular weight is 212 g/mol. The smallest absolute Gasteiger partial charge is 0.164 e. The number of hydrogen-bond donors (Lipinski definition) is 0. The first-order valence-electron chi connectivity index (χ1n) is 4.23. The molecule has 0 aliphatic heterocycles. The zero-order valence-electron chi connectivity index (χ0n) is 7.79. The van der Waals surface area contributed by atoms with Crippen molar-refractivity contribution in [1.29, 1.82) is 0 Å². The summed E-state index contributed by atoms with van der Waals surface area (Å²) in [6, 6.07) is 1.56. The SMILES string of the molecule is CC(=O)CCC(=O)c1ccncc1Cl. The van der Waals surface area contributed by atoms with E-state index in [1.807, 2.05) is 0 Å². The quantitative estimate of drug-likeness (QED) is 0.718. The lowest BCUT2D eigenvalue weighted by Gasteiger charge is -2.00. The first-order valence-corrected chi connectivity index (χ1v) is 4.61. The molecule has 14 heavy (non-hydrogen) atoms. The molecule has 74 valence electrons. The number of ketones is 2. The van der Waals surface area contributed by atoms with Gasteiger partial charge in [-0.15, -0.1) is 0 Å². The van der Waals surface area contributed by atoms with E-state index in [1.165, 1.54) is 19.3 Å². The average Bonchev–Trinajstić information content (AvgIpc) is 2.15. The summed E-state index contributed by atoms with van der Waals surface area (Å²) >= 11 is 5.77. The molecule has 1 heterocycles. The number of halogens is 1. The van der Waals surface area contributed by atoms with Gasteiger partial charge >= 0.3 is 0 Å². The van der Waals surface area contributed by atoms with Crippen LogP contribution in [0.3, 0.4) is 0 Å². The van der Waals surface area contributed by atoms with E-state index in [9.17, 15) is 9.59 Å². The second-order valence-electron chi connectivity index (χ2n) is 2.98. The van der Waals surface area contributed by atoms with Crippen molar-refractivity contribution in [3.05, 3.63) is 29.0 Å². The fraction of sp³-hybridized carbons (Fsp3) is 0.300. The van der Waals surface area contributed by atoms with Crippen molar-refractivity contribution < 1.29 is 9.59 Å². The highest BCUT2D eigenvalue weighted by molar-refractivity contribution is 6.33. The van der Waals surface area contributed by atoms with Gasteiger partial charge in [-0.05, 0) is 13.0 Å². The van der Waals surface area contributed by atoms with E-state index in [-0.39, 0.29) is 24.4 Å². The summed E-state index contributed by atoms with van der Waals surface area (Å²) < 4.78 is 0. The third-order valence-corrected chi connectivity index (χ3v) is 2.08. The van der Waals surface area contributed by atoms with E-state index >= 15 is 0 Å². The molecule has 0 unspecified atom stereocenters. The van der Waals surface area contributed by atoms with Gasteiger partial charge in [-0.3, -0.25) is 9.78 Å². The van der Waals surface area contributed by atoms with Crippen LogP contribution in [0, 0.1) is 0 Å². The van der Waals surface area contributed by atoms with Crippen LogP contribution in [0.2, 0.25) is 5.02 Å². The van der Waals surface area contributed by atoms with Gasteiger partial charge in [-0.25, -0.2) is 0 Å². The molecule has 0 bridgehead atoms. The molecule has 0 aliphatic rings. The largest absolute Gasteiger partial charge is 0.300 e. The third-order valence-electron chi connectivity index (χ3n) is 1.78. The monoisotopic (exact) mass is 211 g/mol. The molecule has 1 aromatic rings. The Labute approximate surface area is 87.1 Å². The first kappa shape index (κ1) is 10.9. The molecule has 3 nitrogen and oxygen atoms in total. The van der Waals surface area contributed by atoms with E-state index in [0.29, 0.717) is 10.6 Å². The van der Waals surface area contributed by atoms with Gasteiger partial charge in [-0.2, -0.15) is 0 Å². The van der Waals surface area contributed by atoms with Crippen molar-refractivity contribution in [3.8, 4) is 0 Å². The molecular weight excluding hydrogens is 202 g/mol. The molecule has 1 aromatic heterocycles. The van der Waals surface area contributed by atoms with Gasteiger partial charge in [0.25, 0.3) is 0 Å². The van der Waals surface area contributed by atoms with Gasteiger partial charge < -0.3 is 4.79 Å². The second-order valence-corrected chi connectivity index (χ2v) is 3.39. The van der Waals surface area contributed by atoms with Crippen LogP contribution in [0.4, 0.5) is 0 Å². The predicted octanol–water partition coefficient (Wildman–Crippen LogP) is 2.29. The zero-order valence-corrected chi connectivity index (χ0v) is 8.54. The first-order chi connectivity index (χ1) is 6.61. The Morgan fingerprint density at radius 3 is 2.71 bits per heavy atom.